The molecule has 32 heavy (non-hydrogen) atoms. The monoisotopic (exact) mass is 424 g/mol. The standard InChI is InChI=1S/C26H24N4O2/c31-25(22-12-5-2-6-13-22)29-24(18-20-9-3-1-4-10-20)26(32)28-23-14-7-11-21(17-23)19-30-16-8-15-27-30/h1-17,24H,18-19H2,(H,28,32)(H,29,31). The van der Waals surface area contributed by atoms with Gasteiger partial charge in [-0.25, -0.2) is 0 Å². The van der Waals surface area contributed by atoms with Crippen molar-refractivity contribution < 1.29 is 9.59 Å². The summed E-state index contributed by atoms with van der Waals surface area (Å²) in [5.74, 6) is -0.552. The van der Waals surface area contributed by atoms with Crippen molar-refractivity contribution in [3.05, 3.63) is 120 Å². The van der Waals surface area contributed by atoms with Gasteiger partial charge in [0.05, 0.1) is 6.54 Å². The number of nitrogens with one attached hydrogen (secondary N) is 2. The second-order valence-corrected chi connectivity index (χ2v) is 7.48. The van der Waals surface area contributed by atoms with Crippen LogP contribution in [0.4, 0.5) is 5.69 Å². The molecule has 0 saturated heterocycles. The zero-order chi connectivity index (χ0) is 22.2. The van der Waals surface area contributed by atoms with Crippen LogP contribution in [0.1, 0.15) is 21.5 Å². The van der Waals surface area contributed by atoms with Crippen LogP contribution in [0.5, 0.6) is 0 Å². The number of carbonyl (C=O) groups is 2. The molecule has 0 aliphatic carbocycles. The highest BCUT2D eigenvalue weighted by Crippen LogP contribution is 2.14. The molecule has 0 radical (unpaired) electrons. The maximum Gasteiger partial charge on any atom is 0.251 e. The van der Waals surface area contributed by atoms with E-state index < -0.39 is 6.04 Å². The summed E-state index contributed by atoms with van der Waals surface area (Å²) in [5, 5.41) is 10.1. The van der Waals surface area contributed by atoms with Gasteiger partial charge in [-0.2, -0.15) is 5.10 Å². The Labute approximate surface area is 186 Å². The molecule has 2 N–H and O–H groups in total. The molecular formula is C26H24N4O2. The van der Waals surface area contributed by atoms with Crippen molar-refractivity contribution in [1.82, 2.24) is 15.1 Å². The minimum absolute atomic E-state index is 0.269. The van der Waals surface area contributed by atoms with Gasteiger partial charge in [-0.05, 0) is 41.5 Å². The maximum atomic E-state index is 13.2. The summed E-state index contributed by atoms with van der Waals surface area (Å²) in [6, 6.07) is 27.3. The molecule has 3 aromatic carbocycles. The molecule has 6 heteroatoms. The van der Waals surface area contributed by atoms with E-state index in [1.54, 1.807) is 30.5 Å². The summed E-state index contributed by atoms with van der Waals surface area (Å²) in [5.41, 5.74) is 3.17. The van der Waals surface area contributed by atoms with E-state index in [0.717, 1.165) is 11.1 Å². The van der Waals surface area contributed by atoms with Crippen molar-refractivity contribution in [3.63, 3.8) is 0 Å². The van der Waals surface area contributed by atoms with Crippen LogP contribution in [-0.2, 0) is 17.8 Å². The molecule has 6 nitrogen and oxygen atoms in total. The van der Waals surface area contributed by atoms with Gasteiger partial charge in [0.25, 0.3) is 5.91 Å². The number of rotatable bonds is 8. The Morgan fingerprint density at radius 2 is 1.56 bits per heavy atom. The van der Waals surface area contributed by atoms with E-state index in [2.05, 4.69) is 15.7 Å². The van der Waals surface area contributed by atoms with Crippen LogP contribution in [0.2, 0.25) is 0 Å². The van der Waals surface area contributed by atoms with E-state index in [1.807, 2.05) is 77.6 Å². The van der Waals surface area contributed by atoms with Crippen molar-refractivity contribution in [2.75, 3.05) is 5.32 Å². The van der Waals surface area contributed by atoms with Crippen LogP contribution in [0, 0.1) is 0 Å². The van der Waals surface area contributed by atoms with E-state index in [9.17, 15) is 9.59 Å². The number of benzene rings is 3. The Morgan fingerprint density at radius 1 is 0.844 bits per heavy atom. The molecule has 0 aliphatic heterocycles. The lowest BCUT2D eigenvalue weighted by atomic mass is 10.0. The van der Waals surface area contributed by atoms with E-state index in [4.69, 9.17) is 0 Å². The highest BCUT2D eigenvalue weighted by molar-refractivity contribution is 6.01. The molecule has 2 amide bonds. The SMILES string of the molecule is O=C(NC(Cc1ccccc1)C(=O)Nc1cccc(Cn2cccn2)c1)c1ccccc1. The van der Waals surface area contributed by atoms with E-state index in [-0.39, 0.29) is 11.8 Å². The van der Waals surface area contributed by atoms with E-state index in [1.165, 1.54) is 0 Å². The predicted molar refractivity (Wildman–Crippen MR) is 124 cm³/mol. The molecular weight excluding hydrogens is 400 g/mol. The second-order valence-electron chi connectivity index (χ2n) is 7.48. The number of carbonyl (C=O) groups excluding carboxylic acids is 2. The van der Waals surface area contributed by atoms with Crippen LogP contribution < -0.4 is 10.6 Å². The zero-order valence-electron chi connectivity index (χ0n) is 17.5. The van der Waals surface area contributed by atoms with Crippen LogP contribution in [0.15, 0.2) is 103 Å². The third-order valence-electron chi connectivity index (χ3n) is 5.04. The van der Waals surface area contributed by atoms with Gasteiger partial charge in [-0.3, -0.25) is 14.3 Å². The van der Waals surface area contributed by atoms with Crippen LogP contribution in [0.3, 0.4) is 0 Å². The average Bonchev–Trinajstić information content (AvgIpc) is 3.33. The summed E-state index contributed by atoms with van der Waals surface area (Å²) in [7, 11) is 0. The van der Waals surface area contributed by atoms with Gasteiger partial charge in [0.15, 0.2) is 0 Å². The fraction of sp³-hybridized carbons (Fsp3) is 0.115. The Morgan fingerprint density at radius 3 is 2.28 bits per heavy atom. The first-order valence-electron chi connectivity index (χ1n) is 10.4. The van der Waals surface area contributed by atoms with Crippen LogP contribution >= 0.6 is 0 Å². The lowest BCUT2D eigenvalue weighted by Crippen LogP contribution is -2.45. The van der Waals surface area contributed by atoms with Crippen molar-refractivity contribution in [2.24, 2.45) is 0 Å². The first-order chi connectivity index (χ1) is 15.7. The van der Waals surface area contributed by atoms with Gasteiger partial charge in [0.1, 0.15) is 6.04 Å². The summed E-state index contributed by atoms with van der Waals surface area (Å²) in [4.78, 5) is 25.9. The number of anilines is 1. The fourth-order valence-corrected chi connectivity index (χ4v) is 3.45. The average molecular weight is 425 g/mol. The topological polar surface area (TPSA) is 76.0 Å². The van der Waals surface area contributed by atoms with E-state index >= 15 is 0 Å². The Balaban J connectivity index is 1.50. The van der Waals surface area contributed by atoms with Crippen molar-refractivity contribution in [3.8, 4) is 0 Å². The minimum Gasteiger partial charge on any atom is -0.340 e. The third kappa shape index (κ3) is 5.70. The number of hydrogen-bond donors (Lipinski definition) is 2. The lowest BCUT2D eigenvalue weighted by Gasteiger charge is -2.19. The summed E-state index contributed by atoms with van der Waals surface area (Å²) >= 11 is 0. The number of aromatic nitrogens is 2. The molecule has 1 heterocycles. The van der Waals surface area contributed by atoms with Gasteiger partial charge in [-0.1, -0.05) is 60.7 Å². The summed E-state index contributed by atoms with van der Waals surface area (Å²) in [6.45, 7) is 0.606. The molecule has 0 saturated carbocycles. The van der Waals surface area contributed by atoms with Crippen molar-refractivity contribution in [1.29, 1.82) is 0 Å². The molecule has 1 aromatic heterocycles. The first kappa shape index (κ1) is 21.1. The molecule has 4 aromatic rings. The van der Waals surface area contributed by atoms with Crippen LogP contribution in [-0.4, -0.2) is 27.6 Å². The number of hydrogen-bond acceptors (Lipinski definition) is 3. The highest BCUT2D eigenvalue weighted by Gasteiger charge is 2.22. The molecule has 1 unspecified atom stereocenters. The molecule has 4 rings (SSSR count). The molecule has 160 valence electrons. The summed E-state index contributed by atoms with van der Waals surface area (Å²) < 4.78 is 1.82. The predicted octanol–water partition coefficient (Wildman–Crippen LogP) is 3.91. The molecule has 1 atom stereocenters. The molecule has 0 aliphatic rings. The van der Waals surface area contributed by atoms with Gasteiger partial charge in [0.2, 0.25) is 5.91 Å². The van der Waals surface area contributed by atoms with Crippen molar-refractivity contribution >= 4 is 17.5 Å². The zero-order valence-corrected chi connectivity index (χ0v) is 17.5. The normalized spacial score (nSPS) is 11.5. The molecule has 0 spiro atoms. The molecule has 0 bridgehead atoms. The second kappa shape index (κ2) is 10.2. The fourth-order valence-electron chi connectivity index (χ4n) is 3.45. The first-order valence-corrected chi connectivity index (χ1v) is 10.4. The van der Waals surface area contributed by atoms with Gasteiger partial charge in [-0.15, -0.1) is 0 Å². The third-order valence-corrected chi connectivity index (χ3v) is 5.04. The van der Waals surface area contributed by atoms with E-state index in [0.29, 0.717) is 24.2 Å². The Bertz CT molecular complexity index is 1160. The van der Waals surface area contributed by atoms with Gasteiger partial charge >= 0.3 is 0 Å². The quantitative estimate of drug-likeness (QED) is 0.450. The number of amides is 2. The largest absolute Gasteiger partial charge is 0.340 e. The maximum absolute atomic E-state index is 13.2. The van der Waals surface area contributed by atoms with Gasteiger partial charge < -0.3 is 10.6 Å². The number of nitrogens with zero attached hydrogens (tertiary/aromatic N) is 2. The van der Waals surface area contributed by atoms with Crippen molar-refractivity contribution in [2.45, 2.75) is 19.0 Å². The van der Waals surface area contributed by atoms with Gasteiger partial charge in [0, 0.05) is 30.1 Å². The summed E-state index contributed by atoms with van der Waals surface area (Å²) in [6.07, 6.45) is 4.01. The minimum atomic E-state index is -0.722. The Kier molecular flexibility index (Phi) is 6.72. The highest BCUT2D eigenvalue weighted by atomic mass is 16.2. The Hall–Kier alpha value is -4.19. The van der Waals surface area contributed by atoms with Crippen LogP contribution in [0.25, 0.3) is 0 Å². The lowest BCUT2D eigenvalue weighted by molar-refractivity contribution is -0.118. The molecule has 0 fully saturated rings. The smallest absolute Gasteiger partial charge is 0.251 e.